The molecule has 6 aromatic rings. The number of nitrogens with zero attached hydrogens (tertiary/aromatic N) is 5. The Labute approximate surface area is 307 Å². The molecule has 1 aliphatic rings. The molecule has 0 fully saturated rings. The first-order valence-corrected chi connectivity index (χ1v) is 20.8. The Morgan fingerprint density at radius 3 is 2.27 bits per heavy atom. The Hall–Kier alpha value is -4.49. The second-order valence-corrected chi connectivity index (χ2v) is 20.1. The highest BCUT2D eigenvalue weighted by atomic mass is 32.1. The minimum atomic E-state index is -2.67. The molecule has 0 aliphatic carbocycles. The van der Waals surface area contributed by atoms with E-state index >= 15 is 0 Å². The van der Waals surface area contributed by atoms with E-state index in [9.17, 15) is 4.79 Å². The Morgan fingerprint density at radius 2 is 1.61 bits per heavy atom. The average molecular weight is 735 g/mol. The van der Waals surface area contributed by atoms with Crippen LogP contribution in [0.25, 0.3) is 10.2 Å². The molecule has 3 aromatic carbocycles. The summed E-state index contributed by atoms with van der Waals surface area (Å²) in [5.74, 6) is 1.04. The maximum absolute atomic E-state index is 13.0. The van der Waals surface area contributed by atoms with Crippen LogP contribution in [0.2, 0.25) is 5.04 Å². The third kappa shape index (κ3) is 6.81. The van der Waals surface area contributed by atoms with Gasteiger partial charge >= 0.3 is 5.97 Å². The predicted molar refractivity (Wildman–Crippen MR) is 210 cm³/mol. The standard InChI is InChI=1S/C39H42N6O3S2Si/c1-26-29-20-14-24-45(35(29)44-43-34(26)42-37-40-30-21-12-13-22-31(30)49-37)38-41-33(36(46)47-5)32(50-38)23-15-25-48-51(39(2,3)4,27-16-8-6-9-17-27)28-18-10-7-11-19-28/h6-13,16-19,21-22H,14-15,20,23-25H2,1-5H3,(H,40,42,43). The Morgan fingerprint density at radius 1 is 0.922 bits per heavy atom. The van der Waals surface area contributed by atoms with Gasteiger partial charge in [-0.3, -0.25) is 0 Å². The molecule has 0 amide bonds. The number of carbonyl (C=O) groups is 1. The number of hydrogen-bond acceptors (Lipinski definition) is 11. The number of ether oxygens (including phenoxy) is 1. The van der Waals surface area contributed by atoms with Crippen molar-refractivity contribution >= 4 is 79.4 Å². The smallest absolute Gasteiger partial charge is 0.357 e. The number of hydrogen-bond donors (Lipinski definition) is 1. The SMILES string of the molecule is COC(=O)c1nc(N2CCCc3c2nnc(Nc2nc4ccccc4s2)c3C)sc1CCCO[Si](c1ccccc1)(c1ccccc1)C(C)(C)C. The van der Waals surface area contributed by atoms with Crippen LogP contribution in [0.3, 0.4) is 0 Å². The van der Waals surface area contributed by atoms with Crippen molar-refractivity contribution in [1.82, 2.24) is 20.2 Å². The third-order valence-corrected chi connectivity index (χ3v) is 16.6. The molecule has 262 valence electrons. The summed E-state index contributed by atoms with van der Waals surface area (Å²) in [5.41, 5.74) is 3.47. The highest BCUT2D eigenvalue weighted by molar-refractivity contribution is 7.22. The van der Waals surface area contributed by atoms with Crippen molar-refractivity contribution < 1.29 is 14.0 Å². The first kappa shape index (κ1) is 34.9. The van der Waals surface area contributed by atoms with Gasteiger partial charge in [0.1, 0.15) is 0 Å². The number of esters is 1. The summed E-state index contributed by atoms with van der Waals surface area (Å²) in [6.07, 6.45) is 3.17. The molecule has 51 heavy (non-hydrogen) atoms. The number of methoxy groups -OCH3 is 1. The van der Waals surface area contributed by atoms with Crippen LogP contribution in [0.15, 0.2) is 84.9 Å². The quantitative estimate of drug-likeness (QED) is 0.0807. The summed E-state index contributed by atoms with van der Waals surface area (Å²) in [4.78, 5) is 25.6. The summed E-state index contributed by atoms with van der Waals surface area (Å²) in [5, 5.41) is 16.6. The second kappa shape index (κ2) is 14.6. The van der Waals surface area contributed by atoms with Crippen molar-refractivity contribution in [3.8, 4) is 0 Å². The van der Waals surface area contributed by atoms with E-state index in [0.717, 1.165) is 68.1 Å². The van der Waals surface area contributed by atoms with E-state index in [1.54, 1.807) is 11.3 Å². The van der Waals surface area contributed by atoms with Crippen LogP contribution >= 0.6 is 22.7 Å². The largest absolute Gasteiger partial charge is 0.464 e. The molecule has 0 bridgehead atoms. The molecule has 0 atom stereocenters. The van der Waals surface area contributed by atoms with Gasteiger partial charge in [-0.2, -0.15) is 0 Å². The molecule has 0 unspecified atom stereocenters. The van der Waals surface area contributed by atoms with Gasteiger partial charge < -0.3 is 19.4 Å². The number of aryl methyl sites for hydroxylation is 1. The van der Waals surface area contributed by atoms with Gasteiger partial charge in [0.25, 0.3) is 8.32 Å². The molecule has 1 aliphatic heterocycles. The Balaban J connectivity index is 1.13. The number of anilines is 4. The van der Waals surface area contributed by atoms with E-state index in [2.05, 4.69) is 110 Å². The molecule has 0 saturated heterocycles. The van der Waals surface area contributed by atoms with Gasteiger partial charge in [0, 0.05) is 29.2 Å². The van der Waals surface area contributed by atoms with Crippen molar-refractivity contribution in [2.24, 2.45) is 0 Å². The highest BCUT2D eigenvalue weighted by Gasteiger charge is 2.50. The van der Waals surface area contributed by atoms with Crippen LogP contribution in [0, 0.1) is 6.92 Å². The van der Waals surface area contributed by atoms with Crippen molar-refractivity contribution in [1.29, 1.82) is 0 Å². The molecule has 9 nitrogen and oxygen atoms in total. The van der Waals surface area contributed by atoms with Crippen molar-refractivity contribution in [3.05, 3.63) is 107 Å². The normalized spacial score (nSPS) is 13.3. The van der Waals surface area contributed by atoms with Gasteiger partial charge in [-0.1, -0.05) is 105 Å². The predicted octanol–water partition coefficient (Wildman–Crippen LogP) is 7.97. The van der Waals surface area contributed by atoms with Crippen LogP contribution < -0.4 is 20.6 Å². The van der Waals surface area contributed by atoms with Gasteiger partial charge in [-0.25, -0.2) is 14.8 Å². The van der Waals surface area contributed by atoms with Crippen LogP contribution in [0.1, 0.15) is 60.1 Å². The van der Waals surface area contributed by atoms with Crippen molar-refractivity contribution in [2.45, 2.75) is 58.4 Å². The minimum Gasteiger partial charge on any atom is -0.464 e. The summed E-state index contributed by atoms with van der Waals surface area (Å²) in [7, 11) is -1.27. The zero-order valence-corrected chi connectivity index (χ0v) is 32.2. The molecule has 0 spiro atoms. The fraction of sp³-hybridized carbons (Fsp3) is 0.308. The van der Waals surface area contributed by atoms with Gasteiger partial charge in [-0.15, -0.1) is 21.5 Å². The topological polar surface area (TPSA) is 102 Å². The lowest BCUT2D eigenvalue weighted by molar-refractivity contribution is 0.0593. The summed E-state index contributed by atoms with van der Waals surface area (Å²) in [6.45, 7) is 10.2. The molecule has 4 heterocycles. The van der Waals surface area contributed by atoms with Crippen LogP contribution in [-0.2, 0) is 22.0 Å². The zero-order valence-electron chi connectivity index (χ0n) is 29.6. The fourth-order valence-electron chi connectivity index (χ4n) is 7.01. The highest BCUT2D eigenvalue weighted by Crippen LogP contribution is 2.40. The number of carbonyl (C=O) groups excluding carboxylic acids is 1. The van der Waals surface area contributed by atoms with Crippen molar-refractivity contribution in [3.63, 3.8) is 0 Å². The molecule has 1 N–H and O–H groups in total. The number of para-hydroxylation sites is 1. The van der Waals surface area contributed by atoms with Crippen LogP contribution in [0.5, 0.6) is 0 Å². The van der Waals surface area contributed by atoms with E-state index in [1.807, 2.05) is 18.2 Å². The first-order valence-electron chi connectivity index (χ1n) is 17.3. The van der Waals surface area contributed by atoms with Gasteiger partial charge in [0.15, 0.2) is 27.6 Å². The molecule has 12 heteroatoms. The third-order valence-electron chi connectivity index (χ3n) is 9.49. The molecule has 0 saturated carbocycles. The number of rotatable bonds is 11. The number of benzene rings is 3. The number of nitrogens with one attached hydrogen (secondary N) is 1. The maximum Gasteiger partial charge on any atom is 0.357 e. The van der Waals surface area contributed by atoms with Crippen LogP contribution in [-0.4, -0.2) is 54.7 Å². The lowest BCUT2D eigenvalue weighted by Gasteiger charge is -2.43. The lowest BCUT2D eigenvalue weighted by Crippen LogP contribution is -2.66. The Bertz CT molecular complexity index is 2080. The van der Waals surface area contributed by atoms with E-state index in [1.165, 1.54) is 28.8 Å². The van der Waals surface area contributed by atoms with Gasteiger partial charge in [0.2, 0.25) is 0 Å². The van der Waals surface area contributed by atoms with E-state index in [-0.39, 0.29) is 5.04 Å². The lowest BCUT2D eigenvalue weighted by atomic mass is 10.0. The summed E-state index contributed by atoms with van der Waals surface area (Å²) in [6, 6.07) is 29.4. The minimum absolute atomic E-state index is 0.116. The monoisotopic (exact) mass is 734 g/mol. The molecular weight excluding hydrogens is 693 g/mol. The zero-order chi connectivity index (χ0) is 35.6. The van der Waals surface area contributed by atoms with Gasteiger partial charge in [-0.05, 0) is 60.2 Å². The Kier molecular flexibility index (Phi) is 10.0. The van der Waals surface area contributed by atoms with E-state index in [0.29, 0.717) is 24.5 Å². The molecule has 3 aromatic heterocycles. The maximum atomic E-state index is 13.0. The van der Waals surface area contributed by atoms with E-state index in [4.69, 9.17) is 24.2 Å². The summed E-state index contributed by atoms with van der Waals surface area (Å²) >= 11 is 3.12. The first-order chi connectivity index (χ1) is 24.7. The number of thiazole rings is 2. The van der Waals surface area contributed by atoms with Crippen LogP contribution in [0.4, 0.5) is 21.9 Å². The summed E-state index contributed by atoms with van der Waals surface area (Å²) < 4.78 is 13.5. The van der Waals surface area contributed by atoms with Crippen molar-refractivity contribution in [2.75, 3.05) is 30.5 Å². The fourth-order valence-corrected chi connectivity index (χ4v) is 13.6. The number of aromatic nitrogens is 4. The molecular formula is C39H42N6O3S2Si. The van der Waals surface area contributed by atoms with Gasteiger partial charge in [0.05, 0.1) is 17.3 Å². The second-order valence-electron chi connectivity index (χ2n) is 13.7. The number of fused-ring (bicyclic) bond motifs is 2. The molecule has 7 rings (SSSR count). The average Bonchev–Trinajstić information content (AvgIpc) is 3.76. The molecule has 0 radical (unpaired) electrons. The van der Waals surface area contributed by atoms with E-state index < -0.39 is 14.3 Å².